The summed E-state index contributed by atoms with van der Waals surface area (Å²) in [5.41, 5.74) is 0.641. The number of amidine groups is 1. The molecular formula is C20H29N3O3S. The number of fused-ring (bicyclic) bond motifs is 1. The minimum atomic E-state index is -3.46. The summed E-state index contributed by atoms with van der Waals surface area (Å²) in [7, 11) is -1.53. The molecule has 0 radical (unpaired) electrons. The molecule has 0 atom stereocenters. The minimum absolute atomic E-state index is 0.241. The molecule has 2 aliphatic rings. The largest absolute Gasteiger partial charge is 0.343 e. The van der Waals surface area contributed by atoms with E-state index in [1.54, 1.807) is 18.2 Å². The Hall–Kier alpha value is -1.89. The highest BCUT2D eigenvalue weighted by Gasteiger charge is 2.29. The van der Waals surface area contributed by atoms with Crippen LogP contribution in [0.25, 0.3) is 0 Å². The van der Waals surface area contributed by atoms with Crippen LogP contribution in [-0.4, -0.2) is 44.7 Å². The fourth-order valence-electron chi connectivity index (χ4n) is 3.86. The Labute approximate surface area is 162 Å². The van der Waals surface area contributed by atoms with E-state index in [-0.39, 0.29) is 5.91 Å². The van der Waals surface area contributed by atoms with Crippen molar-refractivity contribution in [3.63, 3.8) is 0 Å². The molecule has 6 nitrogen and oxygen atoms in total. The monoisotopic (exact) mass is 391 g/mol. The summed E-state index contributed by atoms with van der Waals surface area (Å²) in [5, 5.41) is 0. The lowest BCUT2D eigenvalue weighted by Gasteiger charge is -2.31. The average Bonchev–Trinajstić information content (AvgIpc) is 2.95. The van der Waals surface area contributed by atoms with Crippen molar-refractivity contribution in [1.82, 2.24) is 9.62 Å². The van der Waals surface area contributed by atoms with Crippen LogP contribution < -0.4 is 4.72 Å². The van der Waals surface area contributed by atoms with E-state index < -0.39 is 10.0 Å². The van der Waals surface area contributed by atoms with E-state index in [4.69, 9.17) is 0 Å². The molecule has 1 N–H and O–H groups in total. The standard InChI is InChI=1S/C20H29N3O3S/c1-23(16-10-4-2-5-11-16)19(24)14-6-3-9-15-21-20-17-12-7-8-13-18(17)27(25,26)22-20/h7-8,12-13,16H,2-6,9-11,14-15H2,1H3,(H,21,22). The molecule has 1 amide bonds. The maximum atomic E-state index is 12.3. The third-order valence-corrected chi connectivity index (χ3v) is 6.89. The van der Waals surface area contributed by atoms with Crippen LogP contribution in [0.2, 0.25) is 0 Å². The van der Waals surface area contributed by atoms with E-state index >= 15 is 0 Å². The molecule has 1 aliphatic carbocycles. The molecule has 7 heteroatoms. The molecular weight excluding hydrogens is 362 g/mol. The van der Waals surface area contributed by atoms with Crippen LogP contribution >= 0.6 is 0 Å². The number of nitrogens with one attached hydrogen (secondary N) is 1. The van der Waals surface area contributed by atoms with Gasteiger partial charge in [-0.25, -0.2) is 8.42 Å². The van der Waals surface area contributed by atoms with Crippen LogP contribution in [-0.2, 0) is 14.8 Å². The second kappa shape index (κ2) is 8.87. The summed E-state index contributed by atoms with van der Waals surface area (Å²) >= 11 is 0. The molecule has 0 saturated heterocycles. The van der Waals surface area contributed by atoms with Crippen molar-refractivity contribution in [3.8, 4) is 0 Å². The topological polar surface area (TPSA) is 78.8 Å². The first-order valence-corrected chi connectivity index (χ1v) is 11.4. The fourth-order valence-corrected chi connectivity index (χ4v) is 5.11. The van der Waals surface area contributed by atoms with Crippen LogP contribution in [0, 0.1) is 0 Å². The van der Waals surface area contributed by atoms with Crippen molar-refractivity contribution in [2.24, 2.45) is 4.99 Å². The van der Waals surface area contributed by atoms with Crippen LogP contribution in [0.15, 0.2) is 34.2 Å². The normalized spacial score (nSPS) is 20.3. The maximum absolute atomic E-state index is 12.3. The summed E-state index contributed by atoms with van der Waals surface area (Å²) in [4.78, 5) is 19.0. The molecule has 0 aromatic heterocycles. The quantitative estimate of drug-likeness (QED) is 0.726. The predicted octanol–water partition coefficient (Wildman–Crippen LogP) is 3.08. The molecule has 1 aromatic carbocycles. The lowest BCUT2D eigenvalue weighted by atomic mass is 9.94. The zero-order valence-corrected chi connectivity index (χ0v) is 16.8. The Morgan fingerprint density at radius 1 is 1.15 bits per heavy atom. The number of unbranched alkanes of at least 4 members (excludes halogenated alkanes) is 2. The van der Waals surface area contributed by atoms with Crippen molar-refractivity contribution >= 4 is 21.8 Å². The maximum Gasteiger partial charge on any atom is 0.263 e. The molecule has 1 fully saturated rings. The van der Waals surface area contributed by atoms with E-state index in [2.05, 4.69) is 9.71 Å². The van der Waals surface area contributed by atoms with Crippen LogP contribution in [0.5, 0.6) is 0 Å². The van der Waals surface area contributed by atoms with Crippen molar-refractivity contribution in [3.05, 3.63) is 29.8 Å². The zero-order valence-electron chi connectivity index (χ0n) is 16.0. The van der Waals surface area contributed by atoms with Gasteiger partial charge in [-0.1, -0.05) is 37.8 Å². The highest BCUT2D eigenvalue weighted by Crippen LogP contribution is 2.23. The van der Waals surface area contributed by atoms with Crippen molar-refractivity contribution < 1.29 is 13.2 Å². The number of nitrogens with zero attached hydrogens (tertiary/aromatic N) is 2. The summed E-state index contributed by atoms with van der Waals surface area (Å²) in [6, 6.07) is 7.31. The number of carbonyl (C=O) groups excluding carboxylic acids is 1. The second-order valence-corrected chi connectivity index (χ2v) is 9.09. The number of aliphatic imine (C=N–C) groups is 1. The molecule has 148 valence electrons. The molecule has 1 aliphatic heterocycles. The molecule has 3 rings (SSSR count). The molecule has 0 bridgehead atoms. The lowest BCUT2D eigenvalue weighted by Crippen LogP contribution is -2.38. The van der Waals surface area contributed by atoms with Crippen molar-refractivity contribution in [2.75, 3.05) is 13.6 Å². The Bertz CT molecular complexity index is 798. The molecule has 0 unspecified atom stereocenters. The lowest BCUT2D eigenvalue weighted by molar-refractivity contribution is -0.132. The van der Waals surface area contributed by atoms with Gasteiger partial charge in [0.1, 0.15) is 5.84 Å². The van der Waals surface area contributed by atoms with Gasteiger partial charge in [0, 0.05) is 31.6 Å². The Morgan fingerprint density at radius 2 is 1.89 bits per heavy atom. The number of benzene rings is 1. The number of hydrogen-bond donors (Lipinski definition) is 1. The van der Waals surface area contributed by atoms with Gasteiger partial charge in [0.2, 0.25) is 5.91 Å². The summed E-state index contributed by atoms with van der Waals surface area (Å²) in [5.74, 6) is 0.671. The van der Waals surface area contributed by atoms with Gasteiger partial charge in [0.25, 0.3) is 10.0 Å². The molecule has 1 heterocycles. The first kappa shape index (κ1) is 19.9. The minimum Gasteiger partial charge on any atom is -0.343 e. The Balaban J connectivity index is 1.40. The van der Waals surface area contributed by atoms with E-state index in [0.717, 1.165) is 32.1 Å². The van der Waals surface area contributed by atoms with Gasteiger partial charge in [0.05, 0.1) is 4.90 Å². The smallest absolute Gasteiger partial charge is 0.263 e. The van der Waals surface area contributed by atoms with E-state index in [0.29, 0.717) is 35.3 Å². The number of rotatable bonds is 7. The van der Waals surface area contributed by atoms with E-state index in [1.807, 2.05) is 18.0 Å². The van der Waals surface area contributed by atoms with Crippen LogP contribution in [0.4, 0.5) is 0 Å². The molecule has 1 aromatic rings. The summed E-state index contributed by atoms with van der Waals surface area (Å²) in [6.45, 7) is 0.554. The molecule has 1 saturated carbocycles. The summed E-state index contributed by atoms with van der Waals surface area (Å²) < 4.78 is 26.6. The summed E-state index contributed by atoms with van der Waals surface area (Å²) in [6.07, 6.45) is 9.21. The Morgan fingerprint density at radius 3 is 2.67 bits per heavy atom. The second-order valence-electron chi connectivity index (χ2n) is 7.44. The number of sulfonamides is 1. The zero-order chi connectivity index (χ0) is 19.3. The van der Waals surface area contributed by atoms with Crippen LogP contribution in [0.1, 0.15) is 63.4 Å². The predicted molar refractivity (Wildman–Crippen MR) is 106 cm³/mol. The SMILES string of the molecule is CN(C(=O)CCCCCN=C1NS(=O)(=O)c2ccccc21)C1CCCCC1. The average molecular weight is 392 g/mol. The third-order valence-electron chi connectivity index (χ3n) is 5.50. The molecule has 27 heavy (non-hydrogen) atoms. The van der Waals surface area contributed by atoms with E-state index in [1.165, 1.54) is 19.3 Å². The van der Waals surface area contributed by atoms with Crippen molar-refractivity contribution in [2.45, 2.75) is 68.7 Å². The van der Waals surface area contributed by atoms with Gasteiger partial charge in [-0.3, -0.25) is 14.5 Å². The van der Waals surface area contributed by atoms with Gasteiger partial charge < -0.3 is 4.90 Å². The number of hydrogen-bond acceptors (Lipinski definition) is 4. The molecule has 0 spiro atoms. The third kappa shape index (κ3) is 4.89. The van der Waals surface area contributed by atoms with Crippen LogP contribution in [0.3, 0.4) is 0 Å². The first-order valence-electron chi connectivity index (χ1n) is 9.91. The van der Waals surface area contributed by atoms with Crippen molar-refractivity contribution in [1.29, 1.82) is 0 Å². The number of amides is 1. The van der Waals surface area contributed by atoms with Gasteiger partial charge in [-0.05, 0) is 37.8 Å². The fraction of sp³-hybridized carbons (Fsp3) is 0.600. The van der Waals surface area contributed by atoms with Gasteiger partial charge in [-0.15, -0.1) is 0 Å². The van der Waals surface area contributed by atoms with Gasteiger partial charge in [-0.2, -0.15) is 0 Å². The highest BCUT2D eigenvalue weighted by molar-refractivity contribution is 7.90. The highest BCUT2D eigenvalue weighted by atomic mass is 32.2. The first-order chi connectivity index (χ1) is 13.0. The Kier molecular flexibility index (Phi) is 6.52. The van der Waals surface area contributed by atoms with Gasteiger partial charge in [0.15, 0.2) is 0 Å². The van der Waals surface area contributed by atoms with E-state index in [9.17, 15) is 13.2 Å². The van der Waals surface area contributed by atoms with Gasteiger partial charge >= 0.3 is 0 Å². The number of carbonyl (C=O) groups is 1.